The number of nitrogens with zero attached hydrogens (tertiary/aromatic N) is 4. The number of rotatable bonds is 6. The number of thiazole rings is 1. The molecule has 1 atom stereocenters. The van der Waals surface area contributed by atoms with Gasteiger partial charge in [-0.1, -0.05) is 11.6 Å². The molecule has 0 aliphatic carbocycles. The zero-order valence-electron chi connectivity index (χ0n) is 16.9. The van der Waals surface area contributed by atoms with Gasteiger partial charge in [0, 0.05) is 20.3 Å². The van der Waals surface area contributed by atoms with E-state index in [1.54, 1.807) is 25.6 Å². The van der Waals surface area contributed by atoms with Crippen molar-refractivity contribution in [1.29, 1.82) is 0 Å². The molecule has 0 spiro atoms. The van der Waals surface area contributed by atoms with Gasteiger partial charge in [0.1, 0.15) is 21.4 Å². The van der Waals surface area contributed by atoms with Crippen LogP contribution in [0.4, 0.5) is 24.9 Å². The number of nitrogens with one attached hydrogen (secondary N) is 3. The van der Waals surface area contributed by atoms with Gasteiger partial charge < -0.3 is 20.5 Å². The Morgan fingerprint density at radius 2 is 1.88 bits per heavy atom. The molecule has 3 aromatic heterocycles. The number of hydrogen-bond acceptors (Lipinski definition) is 7. The minimum Gasteiger partial charge on any atom is -0.359 e. The van der Waals surface area contributed by atoms with Crippen molar-refractivity contribution in [2.45, 2.75) is 19.1 Å². The molecule has 3 rings (SSSR count). The van der Waals surface area contributed by atoms with Crippen molar-refractivity contribution in [2.75, 3.05) is 17.7 Å². The van der Waals surface area contributed by atoms with E-state index in [-0.39, 0.29) is 16.6 Å². The molecule has 0 fully saturated rings. The SMILES string of the molecule is CNc1ncc(C(=O)N[C@H](C)c2ncc(C(=O)Nc3cc(C(F)(F)F)c(Cl)cn3)s2)n1C. The van der Waals surface area contributed by atoms with Gasteiger partial charge in [-0.25, -0.2) is 15.0 Å². The van der Waals surface area contributed by atoms with Crippen LogP contribution in [0.3, 0.4) is 0 Å². The third-order valence-corrected chi connectivity index (χ3v) is 5.79. The molecule has 0 aromatic carbocycles. The Labute approximate surface area is 189 Å². The van der Waals surface area contributed by atoms with Crippen molar-refractivity contribution in [2.24, 2.45) is 7.05 Å². The summed E-state index contributed by atoms with van der Waals surface area (Å²) in [6.45, 7) is 1.68. The maximum Gasteiger partial charge on any atom is 0.418 e. The Hall–Kier alpha value is -3.19. The maximum atomic E-state index is 13.0. The number of amides is 2. The molecule has 0 aliphatic heterocycles. The molecule has 32 heavy (non-hydrogen) atoms. The van der Waals surface area contributed by atoms with Crippen LogP contribution in [0.2, 0.25) is 5.02 Å². The quantitative estimate of drug-likeness (QED) is 0.488. The summed E-state index contributed by atoms with van der Waals surface area (Å²) in [5.74, 6) is -0.874. The predicted molar refractivity (Wildman–Crippen MR) is 113 cm³/mol. The molecule has 9 nitrogen and oxygen atoms in total. The first kappa shape index (κ1) is 23.5. The number of halogens is 4. The zero-order chi connectivity index (χ0) is 23.6. The average molecular weight is 488 g/mol. The first-order chi connectivity index (χ1) is 15.0. The monoisotopic (exact) mass is 487 g/mol. The highest BCUT2D eigenvalue weighted by Crippen LogP contribution is 2.35. The molecule has 0 saturated carbocycles. The molecule has 3 N–H and O–H groups in total. The second-order valence-corrected chi connectivity index (χ2v) is 8.00. The predicted octanol–water partition coefficient (Wildman–Crippen LogP) is 3.73. The third-order valence-electron chi connectivity index (χ3n) is 4.31. The van der Waals surface area contributed by atoms with Crippen LogP contribution in [-0.4, -0.2) is 38.4 Å². The fraction of sp³-hybridized carbons (Fsp3) is 0.278. The highest BCUT2D eigenvalue weighted by Gasteiger charge is 2.34. The van der Waals surface area contributed by atoms with E-state index in [2.05, 4.69) is 30.9 Å². The van der Waals surface area contributed by atoms with Crippen molar-refractivity contribution < 1.29 is 22.8 Å². The van der Waals surface area contributed by atoms with Crippen LogP contribution in [-0.2, 0) is 13.2 Å². The number of aromatic nitrogens is 4. The van der Waals surface area contributed by atoms with E-state index >= 15 is 0 Å². The second-order valence-electron chi connectivity index (χ2n) is 6.54. The maximum absolute atomic E-state index is 13.0. The van der Waals surface area contributed by atoms with E-state index in [4.69, 9.17) is 11.6 Å². The number of carbonyl (C=O) groups is 2. The van der Waals surface area contributed by atoms with Crippen LogP contribution >= 0.6 is 22.9 Å². The fourth-order valence-electron chi connectivity index (χ4n) is 2.68. The Kier molecular flexibility index (Phi) is 6.69. The van der Waals surface area contributed by atoms with Crippen molar-refractivity contribution >= 4 is 46.5 Å². The Morgan fingerprint density at radius 1 is 1.16 bits per heavy atom. The Bertz CT molecular complexity index is 1160. The van der Waals surface area contributed by atoms with Crippen LogP contribution in [0.25, 0.3) is 0 Å². The number of alkyl halides is 3. The molecule has 0 aliphatic rings. The summed E-state index contributed by atoms with van der Waals surface area (Å²) < 4.78 is 40.5. The summed E-state index contributed by atoms with van der Waals surface area (Å²) in [6, 6.07) is 0.116. The molecule has 0 radical (unpaired) electrons. The van der Waals surface area contributed by atoms with E-state index in [0.29, 0.717) is 22.7 Å². The van der Waals surface area contributed by atoms with Gasteiger partial charge in [0.15, 0.2) is 0 Å². The van der Waals surface area contributed by atoms with Gasteiger partial charge in [-0.3, -0.25) is 9.59 Å². The summed E-state index contributed by atoms with van der Waals surface area (Å²) in [5.41, 5.74) is -0.785. The van der Waals surface area contributed by atoms with E-state index in [9.17, 15) is 22.8 Å². The molecular weight excluding hydrogens is 471 g/mol. The van der Waals surface area contributed by atoms with Gasteiger partial charge in [0.2, 0.25) is 5.95 Å². The van der Waals surface area contributed by atoms with Crippen molar-refractivity contribution in [3.63, 3.8) is 0 Å². The zero-order valence-corrected chi connectivity index (χ0v) is 18.5. The van der Waals surface area contributed by atoms with Crippen LogP contribution < -0.4 is 16.0 Å². The molecular formula is C18H17ClF3N7O2S. The van der Waals surface area contributed by atoms with Crippen molar-refractivity contribution in [1.82, 2.24) is 24.8 Å². The molecule has 3 heterocycles. The third kappa shape index (κ3) is 4.99. The number of anilines is 2. The average Bonchev–Trinajstić information content (AvgIpc) is 3.35. The Morgan fingerprint density at radius 3 is 2.50 bits per heavy atom. The van der Waals surface area contributed by atoms with E-state index in [0.717, 1.165) is 17.5 Å². The van der Waals surface area contributed by atoms with Crippen molar-refractivity contribution in [3.05, 3.63) is 50.8 Å². The Balaban J connectivity index is 1.69. The fourth-order valence-corrected chi connectivity index (χ4v) is 3.71. The smallest absolute Gasteiger partial charge is 0.359 e. The lowest BCUT2D eigenvalue weighted by molar-refractivity contribution is -0.137. The van der Waals surface area contributed by atoms with Crippen LogP contribution in [0.5, 0.6) is 0 Å². The lowest BCUT2D eigenvalue weighted by Crippen LogP contribution is -2.28. The van der Waals surface area contributed by atoms with Crippen molar-refractivity contribution in [3.8, 4) is 0 Å². The topological polar surface area (TPSA) is 114 Å². The standard InChI is InChI=1S/C18H17ClF3N7O2S/c1-8(27-14(30)11-6-26-17(23-2)29(11)3)16-25-7-12(32-16)15(31)28-13-4-9(18(20,21)22)10(19)5-24-13/h4-8H,1-3H3,(H,23,26)(H,27,30)(H,24,28,31)/t8-/m1/s1. The van der Waals surface area contributed by atoms with Crippen LogP contribution in [0, 0.1) is 0 Å². The summed E-state index contributed by atoms with van der Waals surface area (Å²) in [7, 11) is 3.36. The van der Waals surface area contributed by atoms with Crippen LogP contribution in [0.15, 0.2) is 24.7 Å². The van der Waals surface area contributed by atoms with E-state index in [1.165, 1.54) is 12.4 Å². The molecule has 3 aromatic rings. The van der Waals surface area contributed by atoms with Gasteiger partial charge >= 0.3 is 6.18 Å². The second kappa shape index (κ2) is 9.12. The summed E-state index contributed by atoms with van der Waals surface area (Å²) >= 11 is 6.51. The van der Waals surface area contributed by atoms with Crippen LogP contribution in [0.1, 0.15) is 43.7 Å². The molecule has 14 heteroatoms. The first-order valence-electron chi connectivity index (χ1n) is 9.01. The van der Waals surface area contributed by atoms with Gasteiger partial charge in [-0.2, -0.15) is 13.2 Å². The number of carbonyl (C=O) groups excluding carboxylic acids is 2. The highest BCUT2D eigenvalue weighted by atomic mass is 35.5. The minimum atomic E-state index is -4.69. The summed E-state index contributed by atoms with van der Waals surface area (Å²) in [6.07, 6.45) is -1.19. The van der Waals surface area contributed by atoms with Gasteiger partial charge in [-0.05, 0) is 13.0 Å². The van der Waals surface area contributed by atoms with Gasteiger partial charge in [0.05, 0.1) is 29.0 Å². The minimum absolute atomic E-state index is 0.129. The summed E-state index contributed by atoms with van der Waals surface area (Å²) in [4.78, 5) is 36.9. The van der Waals surface area contributed by atoms with E-state index in [1.807, 2.05) is 0 Å². The molecule has 170 valence electrons. The summed E-state index contributed by atoms with van der Waals surface area (Å²) in [5, 5.41) is 7.75. The molecule has 0 unspecified atom stereocenters. The number of hydrogen-bond donors (Lipinski definition) is 3. The first-order valence-corrected chi connectivity index (χ1v) is 10.2. The molecule has 0 bridgehead atoms. The lowest BCUT2D eigenvalue weighted by Gasteiger charge is -2.12. The number of pyridine rings is 1. The number of imidazole rings is 1. The molecule has 0 saturated heterocycles. The highest BCUT2D eigenvalue weighted by molar-refractivity contribution is 7.13. The lowest BCUT2D eigenvalue weighted by atomic mass is 10.2. The molecule has 2 amide bonds. The van der Waals surface area contributed by atoms with Gasteiger partial charge in [-0.15, -0.1) is 11.3 Å². The normalized spacial score (nSPS) is 12.3. The van der Waals surface area contributed by atoms with E-state index < -0.39 is 28.7 Å². The van der Waals surface area contributed by atoms with Gasteiger partial charge in [0.25, 0.3) is 11.8 Å². The largest absolute Gasteiger partial charge is 0.418 e.